The molecule has 1 aromatic heterocycles. The van der Waals surface area contributed by atoms with Crippen LogP contribution < -0.4 is 11.2 Å². The van der Waals surface area contributed by atoms with Crippen molar-refractivity contribution in [3.63, 3.8) is 0 Å². The molecule has 0 unspecified atom stereocenters. The highest BCUT2D eigenvalue weighted by molar-refractivity contribution is 8.14. The van der Waals surface area contributed by atoms with E-state index < -0.39 is 28.2 Å². The number of halogens is 4. The summed E-state index contributed by atoms with van der Waals surface area (Å²) in [5.74, 6) is 0.321. The molecular formula is C16H12ClF3N2O3S. The van der Waals surface area contributed by atoms with Crippen molar-refractivity contribution in [3.05, 3.63) is 74.0 Å². The highest BCUT2D eigenvalue weighted by atomic mass is 35.5. The van der Waals surface area contributed by atoms with Gasteiger partial charge in [0.25, 0.3) is 5.56 Å². The molecule has 0 saturated heterocycles. The van der Waals surface area contributed by atoms with Crippen LogP contribution in [0.2, 0.25) is 5.02 Å². The number of benzene rings is 1. The predicted molar refractivity (Wildman–Crippen MR) is 94.3 cm³/mol. The van der Waals surface area contributed by atoms with Crippen molar-refractivity contribution in [1.82, 2.24) is 9.13 Å². The Labute approximate surface area is 154 Å². The molecule has 10 heteroatoms. The maximum absolute atomic E-state index is 12.9. The predicted octanol–water partition coefficient (Wildman–Crippen LogP) is 3.27. The van der Waals surface area contributed by atoms with Gasteiger partial charge in [0.1, 0.15) is 5.69 Å². The van der Waals surface area contributed by atoms with Gasteiger partial charge in [-0.15, -0.1) is 6.58 Å². The van der Waals surface area contributed by atoms with Gasteiger partial charge in [0, 0.05) is 24.4 Å². The maximum atomic E-state index is 12.9. The minimum atomic E-state index is -4.85. The molecule has 0 aliphatic rings. The molecule has 1 aromatic carbocycles. The average Bonchev–Trinajstić information content (AvgIpc) is 2.56. The van der Waals surface area contributed by atoms with Crippen LogP contribution in [-0.4, -0.2) is 20.0 Å². The fourth-order valence-electron chi connectivity index (χ4n) is 2.16. The molecular weight excluding hydrogens is 393 g/mol. The molecule has 0 atom stereocenters. The summed E-state index contributed by atoms with van der Waals surface area (Å²) in [5, 5.41) is -0.333. The van der Waals surface area contributed by atoms with E-state index in [0.717, 1.165) is 18.8 Å². The number of hydrogen-bond donors (Lipinski definition) is 0. The van der Waals surface area contributed by atoms with Crippen LogP contribution in [0.4, 0.5) is 13.2 Å². The topological polar surface area (TPSA) is 61.1 Å². The smallest absolute Gasteiger partial charge is 0.292 e. The molecule has 0 fully saturated rings. The summed E-state index contributed by atoms with van der Waals surface area (Å²) < 4.78 is 39.6. The molecule has 0 aliphatic carbocycles. The highest BCUT2D eigenvalue weighted by Gasteiger charge is 2.35. The van der Waals surface area contributed by atoms with Gasteiger partial charge in [-0.1, -0.05) is 29.4 Å². The molecule has 2 rings (SSSR count). The molecule has 0 aliphatic heterocycles. The summed E-state index contributed by atoms with van der Waals surface area (Å²) in [7, 11) is 0.906. The first-order valence-corrected chi connectivity index (χ1v) is 8.42. The first kappa shape index (κ1) is 20.1. The van der Waals surface area contributed by atoms with Crippen molar-refractivity contribution in [2.45, 2.75) is 6.18 Å². The normalized spacial score (nSPS) is 11.4. The van der Waals surface area contributed by atoms with Gasteiger partial charge in [0.2, 0.25) is 5.12 Å². The van der Waals surface area contributed by atoms with Gasteiger partial charge in [-0.3, -0.25) is 14.2 Å². The van der Waals surface area contributed by atoms with Crippen LogP contribution in [0, 0.1) is 0 Å². The zero-order valence-corrected chi connectivity index (χ0v) is 14.9. The largest absolute Gasteiger partial charge is 0.431 e. The van der Waals surface area contributed by atoms with E-state index in [1.54, 1.807) is 0 Å². The fourth-order valence-corrected chi connectivity index (χ4v) is 3.01. The van der Waals surface area contributed by atoms with E-state index in [1.165, 1.54) is 24.3 Å². The van der Waals surface area contributed by atoms with Gasteiger partial charge in [0.15, 0.2) is 0 Å². The van der Waals surface area contributed by atoms with E-state index in [0.29, 0.717) is 21.0 Å². The van der Waals surface area contributed by atoms with Gasteiger partial charge < -0.3 is 0 Å². The van der Waals surface area contributed by atoms with Gasteiger partial charge in [-0.2, -0.15) is 13.2 Å². The molecule has 0 radical (unpaired) electrons. The molecule has 2 aromatic rings. The van der Waals surface area contributed by atoms with Crippen LogP contribution in [0.15, 0.2) is 46.5 Å². The number of alkyl halides is 3. The third-order valence-corrected chi connectivity index (χ3v) is 4.58. The van der Waals surface area contributed by atoms with Crippen molar-refractivity contribution in [1.29, 1.82) is 0 Å². The third-order valence-electron chi connectivity index (χ3n) is 3.37. The number of aromatic nitrogens is 2. The second-order valence-corrected chi connectivity index (χ2v) is 6.49. The summed E-state index contributed by atoms with van der Waals surface area (Å²) in [6, 6.07) is 4.08. The molecule has 0 N–H and O–H groups in total. The molecule has 0 saturated carbocycles. The monoisotopic (exact) mass is 404 g/mol. The van der Waals surface area contributed by atoms with E-state index in [2.05, 4.69) is 6.58 Å². The lowest BCUT2D eigenvalue weighted by atomic mass is 10.2. The van der Waals surface area contributed by atoms with Crippen LogP contribution in [0.3, 0.4) is 0 Å². The van der Waals surface area contributed by atoms with E-state index >= 15 is 0 Å². The zero-order chi connectivity index (χ0) is 19.6. The maximum Gasteiger partial charge on any atom is 0.431 e. The second kappa shape index (κ2) is 7.55. The Balaban J connectivity index is 2.65. The fraction of sp³-hybridized carbons (Fsp3) is 0.188. The van der Waals surface area contributed by atoms with E-state index in [1.807, 2.05) is 0 Å². The third kappa shape index (κ3) is 3.94. The Morgan fingerprint density at radius 2 is 1.96 bits per heavy atom. The Kier molecular flexibility index (Phi) is 5.82. The number of carbonyl (C=O) groups is 1. The zero-order valence-electron chi connectivity index (χ0n) is 13.3. The van der Waals surface area contributed by atoms with Crippen molar-refractivity contribution in [3.8, 4) is 5.69 Å². The standard InChI is InChI=1S/C16H12ClF3N2O3S/c1-3-6-26-14(24)10-7-9(4-5-11(10)17)22-13(23)8-12(16(18,19)20)21(2)15(22)25/h3-5,7-8H,1,6H2,2H3. The number of carbonyl (C=O) groups excluding carboxylic acids is 1. The lowest BCUT2D eigenvalue weighted by molar-refractivity contribution is -0.144. The van der Waals surface area contributed by atoms with Crippen molar-refractivity contribution < 1.29 is 18.0 Å². The van der Waals surface area contributed by atoms with E-state index in [9.17, 15) is 27.6 Å². The van der Waals surface area contributed by atoms with Crippen molar-refractivity contribution in [2.75, 3.05) is 5.75 Å². The van der Waals surface area contributed by atoms with Crippen molar-refractivity contribution >= 4 is 28.5 Å². The minimum absolute atomic E-state index is 0.0323. The van der Waals surface area contributed by atoms with Crippen molar-refractivity contribution in [2.24, 2.45) is 7.05 Å². The van der Waals surface area contributed by atoms with Gasteiger partial charge in [-0.05, 0) is 18.2 Å². The number of rotatable bonds is 4. The summed E-state index contributed by atoms with van der Waals surface area (Å²) in [4.78, 5) is 36.5. The number of thioether (sulfide) groups is 1. The van der Waals surface area contributed by atoms with Crippen LogP contribution >= 0.6 is 23.4 Å². The Bertz CT molecular complexity index is 996. The van der Waals surface area contributed by atoms with E-state index in [-0.39, 0.29) is 16.3 Å². The molecule has 138 valence electrons. The molecule has 26 heavy (non-hydrogen) atoms. The quantitative estimate of drug-likeness (QED) is 0.734. The van der Waals surface area contributed by atoms with Crippen LogP contribution in [0.25, 0.3) is 5.69 Å². The summed E-state index contributed by atoms with van der Waals surface area (Å²) in [6.45, 7) is 3.49. The van der Waals surface area contributed by atoms with Gasteiger partial charge in [-0.25, -0.2) is 9.36 Å². The summed E-state index contributed by atoms with van der Waals surface area (Å²) >= 11 is 6.88. The number of hydrogen-bond acceptors (Lipinski definition) is 4. The molecule has 1 heterocycles. The molecule has 5 nitrogen and oxygen atoms in total. The molecule has 0 spiro atoms. The average molecular weight is 405 g/mol. The van der Waals surface area contributed by atoms with Crippen LogP contribution in [0.5, 0.6) is 0 Å². The molecule has 0 bridgehead atoms. The second-order valence-electron chi connectivity index (χ2n) is 5.09. The molecule has 0 amide bonds. The van der Waals surface area contributed by atoms with Crippen LogP contribution in [-0.2, 0) is 13.2 Å². The SMILES string of the molecule is C=CCSC(=O)c1cc(-n2c(=O)cc(C(F)(F)F)n(C)c2=O)ccc1Cl. The van der Waals surface area contributed by atoms with Gasteiger partial charge >= 0.3 is 11.9 Å². The number of nitrogens with zero attached hydrogens (tertiary/aromatic N) is 2. The summed E-state index contributed by atoms with van der Waals surface area (Å²) in [5.41, 5.74) is -3.75. The van der Waals surface area contributed by atoms with Gasteiger partial charge in [0.05, 0.1) is 10.7 Å². The lowest BCUT2D eigenvalue weighted by Crippen LogP contribution is -2.40. The summed E-state index contributed by atoms with van der Waals surface area (Å²) in [6.07, 6.45) is -3.34. The minimum Gasteiger partial charge on any atom is -0.292 e. The highest BCUT2D eigenvalue weighted by Crippen LogP contribution is 2.27. The Morgan fingerprint density at radius 3 is 2.54 bits per heavy atom. The lowest BCUT2D eigenvalue weighted by Gasteiger charge is -2.14. The van der Waals surface area contributed by atoms with Crippen LogP contribution in [0.1, 0.15) is 16.1 Å². The first-order chi connectivity index (χ1) is 12.1. The van der Waals surface area contributed by atoms with E-state index in [4.69, 9.17) is 11.6 Å². The Hall–Kier alpha value is -2.26. The first-order valence-electron chi connectivity index (χ1n) is 7.06. The Morgan fingerprint density at radius 1 is 1.31 bits per heavy atom.